The molecule has 1 heterocycles. The van der Waals surface area contributed by atoms with Gasteiger partial charge in [-0.05, 0) is 30.7 Å². The summed E-state index contributed by atoms with van der Waals surface area (Å²) in [6.45, 7) is 1.81. The van der Waals surface area contributed by atoms with Crippen LogP contribution < -0.4 is 15.5 Å². The van der Waals surface area contributed by atoms with E-state index in [9.17, 15) is 9.59 Å². The molecular weight excluding hydrogens is 412 g/mol. The number of nitrogens with zero attached hydrogens (tertiary/aromatic N) is 2. The SMILES string of the molecule is Cc1c(Cl)cccc1NC(=O)NC1N=C(c2ccccc2)c2ccccc2N(C)C1=O. The molecule has 0 aromatic heterocycles. The summed E-state index contributed by atoms with van der Waals surface area (Å²) in [5, 5.41) is 6.00. The highest BCUT2D eigenvalue weighted by molar-refractivity contribution is 6.31. The van der Waals surface area contributed by atoms with Gasteiger partial charge in [0.05, 0.1) is 11.4 Å². The monoisotopic (exact) mass is 432 g/mol. The zero-order valence-corrected chi connectivity index (χ0v) is 17.9. The van der Waals surface area contributed by atoms with Gasteiger partial charge in [-0.3, -0.25) is 4.79 Å². The van der Waals surface area contributed by atoms with Crippen molar-refractivity contribution in [2.75, 3.05) is 17.3 Å². The number of carbonyl (C=O) groups excluding carboxylic acids is 2. The van der Waals surface area contributed by atoms with Gasteiger partial charge in [0, 0.05) is 28.9 Å². The van der Waals surface area contributed by atoms with E-state index in [4.69, 9.17) is 11.6 Å². The molecule has 1 unspecified atom stereocenters. The lowest BCUT2D eigenvalue weighted by Gasteiger charge is -2.21. The summed E-state index contributed by atoms with van der Waals surface area (Å²) in [7, 11) is 1.68. The Kier molecular flexibility index (Phi) is 5.73. The third-order valence-corrected chi connectivity index (χ3v) is 5.58. The summed E-state index contributed by atoms with van der Waals surface area (Å²) in [6.07, 6.45) is -1.09. The molecular formula is C24H21ClN4O2. The fraction of sp³-hybridized carbons (Fsp3) is 0.125. The number of likely N-dealkylation sites (N-methyl/N-ethyl adjacent to an activating group) is 1. The first-order chi connectivity index (χ1) is 15.0. The molecule has 0 saturated carbocycles. The van der Waals surface area contributed by atoms with E-state index in [0.29, 0.717) is 16.4 Å². The second-order valence-corrected chi connectivity index (χ2v) is 7.58. The van der Waals surface area contributed by atoms with Gasteiger partial charge in [0.1, 0.15) is 0 Å². The number of hydrogen-bond donors (Lipinski definition) is 2. The first-order valence-electron chi connectivity index (χ1n) is 9.78. The normalized spacial score (nSPS) is 15.6. The largest absolute Gasteiger partial charge is 0.321 e. The summed E-state index contributed by atoms with van der Waals surface area (Å²) in [5.41, 5.74) is 4.35. The number of halogens is 1. The Morgan fingerprint density at radius 2 is 1.71 bits per heavy atom. The molecule has 1 aliphatic heterocycles. The van der Waals surface area contributed by atoms with Gasteiger partial charge in [0.2, 0.25) is 6.17 Å². The van der Waals surface area contributed by atoms with Crippen molar-refractivity contribution >= 4 is 40.6 Å². The molecule has 0 fully saturated rings. The molecule has 1 atom stereocenters. The number of para-hydroxylation sites is 1. The van der Waals surface area contributed by atoms with Crippen LogP contribution in [-0.2, 0) is 4.79 Å². The number of nitrogens with one attached hydrogen (secondary N) is 2. The Balaban J connectivity index is 1.69. The predicted molar refractivity (Wildman–Crippen MR) is 124 cm³/mol. The van der Waals surface area contributed by atoms with Crippen molar-refractivity contribution in [2.24, 2.45) is 4.99 Å². The Labute approximate surface area is 185 Å². The molecule has 0 spiro atoms. The average molecular weight is 433 g/mol. The van der Waals surface area contributed by atoms with Gasteiger partial charge < -0.3 is 15.5 Å². The van der Waals surface area contributed by atoms with Crippen molar-refractivity contribution in [1.82, 2.24) is 5.32 Å². The molecule has 2 N–H and O–H groups in total. The molecule has 3 aromatic carbocycles. The standard InChI is InChI=1S/C24H21ClN4O2/c1-15-18(25)12-8-13-19(15)26-24(31)28-22-23(30)29(2)20-14-7-6-11-17(20)21(27-22)16-9-4-3-5-10-16/h3-14,22H,1-2H3,(H2,26,28,31). The Bertz CT molecular complexity index is 1180. The Morgan fingerprint density at radius 3 is 2.48 bits per heavy atom. The summed E-state index contributed by atoms with van der Waals surface area (Å²) in [6, 6.07) is 21.8. The summed E-state index contributed by atoms with van der Waals surface area (Å²) < 4.78 is 0. The second-order valence-electron chi connectivity index (χ2n) is 7.17. The van der Waals surface area contributed by atoms with Crippen molar-refractivity contribution in [3.8, 4) is 0 Å². The van der Waals surface area contributed by atoms with Crippen LogP contribution >= 0.6 is 11.6 Å². The van der Waals surface area contributed by atoms with Crippen LogP contribution in [-0.4, -0.2) is 30.9 Å². The molecule has 31 heavy (non-hydrogen) atoms. The van der Waals surface area contributed by atoms with E-state index in [2.05, 4.69) is 15.6 Å². The van der Waals surface area contributed by atoms with Crippen molar-refractivity contribution in [2.45, 2.75) is 13.1 Å². The van der Waals surface area contributed by atoms with Crippen LogP contribution in [0, 0.1) is 6.92 Å². The lowest BCUT2D eigenvalue weighted by atomic mass is 10.0. The second kappa shape index (κ2) is 8.62. The molecule has 7 heteroatoms. The molecule has 3 amide bonds. The van der Waals surface area contributed by atoms with E-state index in [0.717, 1.165) is 22.4 Å². The maximum atomic E-state index is 13.1. The molecule has 4 rings (SSSR count). The van der Waals surface area contributed by atoms with Crippen LogP contribution in [0.4, 0.5) is 16.2 Å². The van der Waals surface area contributed by atoms with Crippen LogP contribution in [0.25, 0.3) is 0 Å². The predicted octanol–water partition coefficient (Wildman–Crippen LogP) is 4.61. The fourth-order valence-electron chi connectivity index (χ4n) is 3.47. The molecule has 1 aliphatic rings. The van der Waals surface area contributed by atoms with Gasteiger partial charge >= 0.3 is 6.03 Å². The van der Waals surface area contributed by atoms with Crippen molar-refractivity contribution in [3.05, 3.63) is 94.5 Å². The van der Waals surface area contributed by atoms with Gasteiger partial charge in [-0.1, -0.05) is 66.2 Å². The van der Waals surface area contributed by atoms with Crippen LogP contribution in [0.1, 0.15) is 16.7 Å². The van der Waals surface area contributed by atoms with Gasteiger partial charge in [-0.2, -0.15) is 0 Å². The zero-order valence-electron chi connectivity index (χ0n) is 17.1. The molecule has 0 bridgehead atoms. The van der Waals surface area contributed by atoms with Gasteiger partial charge in [-0.25, -0.2) is 9.79 Å². The van der Waals surface area contributed by atoms with E-state index in [1.807, 2.05) is 61.5 Å². The molecule has 0 radical (unpaired) electrons. The minimum Gasteiger partial charge on any atom is -0.311 e. The highest BCUT2D eigenvalue weighted by atomic mass is 35.5. The third kappa shape index (κ3) is 4.15. The number of benzodiazepines with no additional fused rings is 1. The Hall–Kier alpha value is -3.64. The van der Waals surface area contributed by atoms with Gasteiger partial charge in [0.25, 0.3) is 5.91 Å². The van der Waals surface area contributed by atoms with E-state index in [-0.39, 0.29) is 5.91 Å². The van der Waals surface area contributed by atoms with Crippen LogP contribution in [0.2, 0.25) is 5.02 Å². The molecule has 6 nitrogen and oxygen atoms in total. The number of hydrogen-bond acceptors (Lipinski definition) is 3. The van der Waals surface area contributed by atoms with E-state index in [1.54, 1.807) is 25.2 Å². The molecule has 0 saturated heterocycles. The van der Waals surface area contributed by atoms with Gasteiger partial charge in [-0.15, -0.1) is 0 Å². The maximum Gasteiger partial charge on any atom is 0.321 e. The molecule has 0 aliphatic carbocycles. The van der Waals surface area contributed by atoms with Gasteiger partial charge in [0.15, 0.2) is 0 Å². The topological polar surface area (TPSA) is 73.8 Å². The molecule has 156 valence electrons. The van der Waals surface area contributed by atoms with Crippen LogP contribution in [0.5, 0.6) is 0 Å². The number of aliphatic imine (C=N–C) groups is 1. The van der Waals surface area contributed by atoms with Crippen LogP contribution in [0.3, 0.4) is 0 Å². The number of fused-ring (bicyclic) bond motifs is 1. The molecule has 3 aromatic rings. The number of carbonyl (C=O) groups is 2. The summed E-state index contributed by atoms with van der Waals surface area (Å²) in [5.74, 6) is -0.337. The van der Waals surface area contributed by atoms with E-state index >= 15 is 0 Å². The zero-order chi connectivity index (χ0) is 22.0. The van der Waals surface area contributed by atoms with E-state index in [1.165, 1.54) is 4.90 Å². The average Bonchev–Trinajstić information content (AvgIpc) is 2.88. The Morgan fingerprint density at radius 1 is 1.00 bits per heavy atom. The third-order valence-electron chi connectivity index (χ3n) is 5.17. The quantitative estimate of drug-likeness (QED) is 0.634. The first-order valence-corrected chi connectivity index (χ1v) is 10.2. The highest BCUT2D eigenvalue weighted by Gasteiger charge is 2.31. The number of urea groups is 1. The van der Waals surface area contributed by atoms with Crippen molar-refractivity contribution in [3.63, 3.8) is 0 Å². The lowest BCUT2D eigenvalue weighted by Crippen LogP contribution is -2.47. The minimum absolute atomic E-state index is 0.337. The lowest BCUT2D eigenvalue weighted by molar-refractivity contribution is -0.119. The number of rotatable bonds is 3. The number of benzene rings is 3. The fourth-order valence-corrected chi connectivity index (χ4v) is 3.64. The van der Waals surface area contributed by atoms with Crippen molar-refractivity contribution in [1.29, 1.82) is 0 Å². The minimum atomic E-state index is -1.09. The smallest absolute Gasteiger partial charge is 0.311 e. The first kappa shape index (κ1) is 20.6. The van der Waals surface area contributed by atoms with Crippen molar-refractivity contribution < 1.29 is 9.59 Å². The summed E-state index contributed by atoms with van der Waals surface area (Å²) in [4.78, 5) is 32.1. The number of anilines is 2. The maximum absolute atomic E-state index is 13.1. The highest BCUT2D eigenvalue weighted by Crippen LogP contribution is 2.27. The number of amides is 3. The van der Waals surface area contributed by atoms with E-state index < -0.39 is 12.2 Å². The van der Waals surface area contributed by atoms with Crippen LogP contribution in [0.15, 0.2) is 77.8 Å². The summed E-state index contributed by atoms with van der Waals surface area (Å²) >= 11 is 6.14.